The average Bonchev–Trinajstić information content (AvgIpc) is 2.61. The van der Waals surface area contributed by atoms with Gasteiger partial charge < -0.3 is 10.0 Å². The predicted molar refractivity (Wildman–Crippen MR) is 91.8 cm³/mol. The fourth-order valence-electron chi connectivity index (χ4n) is 3.19. The fraction of sp³-hybridized carbons (Fsp3) is 0.300. The first-order chi connectivity index (χ1) is 11.6. The van der Waals surface area contributed by atoms with Gasteiger partial charge in [-0.3, -0.25) is 9.59 Å². The molecule has 3 rings (SSSR count). The SMILES string of the molecule is CCc1ccc(CC(=O)N2Cc3ccccc3C(C(=O)O)C2)cc1. The third-order valence-electron chi connectivity index (χ3n) is 4.63. The second kappa shape index (κ2) is 6.87. The highest BCUT2D eigenvalue weighted by Gasteiger charge is 2.32. The lowest BCUT2D eigenvalue weighted by molar-refractivity contribution is -0.141. The number of nitrogens with zero attached hydrogens (tertiary/aromatic N) is 1. The Morgan fingerprint density at radius 1 is 1.08 bits per heavy atom. The monoisotopic (exact) mass is 323 g/mol. The first kappa shape index (κ1) is 16.2. The topological polar surface area (TPSA) is 57.6 Å². The molecule has 0 aliphatic carbocycles. The van der Waals surface area contributed by atoms with E-state index in [1.807, 2.05) is 48.5 Å². The summed E-state index contributed by atoms with van der Waals surface area (Å²) < 4.78 is 0. The van der Waals surface area contributed by atoms with Crippen LogP contribution in [0.4, 0.5) is 0 Å². The molecule has 1 atom stereocenters. The molecule has 24 heavy (non-hydrogen) atoms. The number of aryl methyl sites for hydroxylation is 1. The quantitative estimate of drug-likeness (QED) is 0.941. The second-order valence-electron chi connectivity index (χ2n) is 6.21. The second-order valence-corrected chi connectivity index (χ2v) is 6.21. The summed E-state index contributed by atoms with van der Waals surface area (Å²) in [6.45, 7) is 2.81. The molecule has 1 unspecified atom stereocenters. The molecule has 124 valence electrons. The Hall–Kier alpha value is -2.62. The zero-order valence-electron chi connectivity index (χ0n) is 13.7. The maximum Gasteiger partial charge on any atom is 0.312 e. The molecule has 1 amide bonds. The molecule has 2 aromatic rings. The van der Waals surface area contributed by atoms with Gasteiger partial charge in [-0.1, -0.05) is 55.5 Å². The van der Waals surface area contributed by atoms with Gasteiger partial charge in [0.25, 0.3) is 0 Å². The van der Waals surface area contributed by atoms with Crippen LogP contribution in [0.2, 0.25) is 0 Å². The minimum atomic E-state index is -0.882. The number of carbonyl (C=O) groups excluding carboxylic acids is 1. The highest BCUT2D eigenvalue weighted by molar-refractivity contribution is 5.82. The summed E-state index contributed by atoms with van der Waals surface area (Å²) in [6, 6.07) is 15.5. The highest BCUT2D eigenvalue weighted by Crippen LogP contribution is 2.28. The summed E-state index contributed by atoms with van der Waals surface area (Å²) >= 11 is 0. The van der Waals surface area contributed by atoms with Gasteiger partial charge in [0, 0.05) is 13.1 Å². The van der Waals surface area contributed by atoms with Crippen molar-refractivity contribution in [3.05, 3.63) is 70.8 Å². The lowest BCUT2D eigenvalue weighted by Crippen LogP contribution is -2.41. The van der Waals surface area contributed by atoms with Crippen molar-refractivity contribution in [2.24, 2.45) is 0 Å². The molecule has 4 heteroatoms. The van der Waals surface area contributed by atoms with Crippen LogP contribution in [0, 0.1) is 0 Å². The van der Waals surface area contributed by atoms with Crippen LogP contribution >= 0.6 is 0 Å². The van der Waals surface area contributed by atoms with Crippen LogP contribution < -0.4 is 0 Å². The molecule has 0 saturated heterocycles. The van der Waals surface area contributed by atoms with E-state index < -0.39 is 11.9 Å². The van der Waals surface area contributed by atoms with E-state index in [1.54, 1.807) is 4.90 Å². The van der Waals surface area contributed by atoms with Gasteiger partial charge in [0.15, 0.2) is 0 Å². The van der Waals surface area contributed by atoms with Crippen molar-refractivity contribution in [1.29, 1.82) is 0 Å². The maximum atomic E-state index is 12.6. The van der Waals surface area contributed by atoms with Crippen molar-refractivity contribution < 1.29 is 14.7 Å². The van der Waals surface area contributed by atoms with Crippen LogP contribution in [0.1, 0.15) is 35.1 Å². The van der Waals surface area contributed by atoms with Crippen molar-refractivity contribution in [3.63, 3.8) is 0 Å². The van der Waals surface area contributed by atoms with Gasteiger partial charge in [0.1, 0.15) is 0 Å². The molecule has 0 aromatic heterocycles. The summed E-state index contributed by atoms with van der Waals surface area (Å²) in [7, 11) is 0. The van der Waals surface area contributed by atoms with Gasteiger partial charge >= 0.3 is 5.97 Å². The molecular weight excluding hydrogens is 302 g/mol. The Kier molecular flexibility index (Phi) is 4.65. The van der Waals surface area contributed by atoms with Gasteiger partial charge in [-0.2, -0.15) is 0 Å². The molecule has 4 nitrogen and oxygen atoms in total. The third kappa shape index (κ3) is 3.32. The first-order valence-corrected chi connectivity index (χ1v) is 8.24. The smallest absolute Gasteiger partial charge is 0.312 e. The highest BCUT2D eigenvalue weighted by atomic mass is 16.4. The van der Waals surface area contributed by atoms with Crippen LogP contribution in [0.25, 0.3) is 0 Å². The van der Waals surface area contributed by atoms with E-state index in [0.29, 0.717) is 13.0 Å². The van der Waals surface area contributed by atoms with E-state index in [0.717, 1.165) is 23.1 Å². The Bertz CT molecular complexity index is 752. The Balaban J connectivity index is 1.77. The Labute approximate surface area is 141 Å². The van der Waals surface area contributed by atoms with E-state index in [1.165, 1.54) is 5.56 Å². The molecule has 0 spiro atoms. The summed E-state index contributed by atoms with van der Waals surface area (Å²) in [5.74, 6) is -1.56. The van der Waals surface area contributed by atoms with Crippen molar-refractivity contribution in [2.75, 3.05) is 6.54 Å². The number of carboxylic acid groups (broad SMARTS) is 1. The average molecular weight is 323 g/mol. The van der Waals surface area contributed by atoms with Gasteiger partial charge in [0.2, 0.25) is 5.91 Å². The number of benzene rings is 2. The van der Waals surface area contributed by atoms with Gasteiger partial charge in [0.05, 0.1) is 12.3 Å². The van der Waals surface area contributed by atoms with Crippen molar-refractivity contribution >= 4 is 11.9 Å². The number of rotatable bonds is 4. The van der Waals surface area contributed by atoms with Crippen molar-refractivity contribution in [3.8, 4) is 0 Å². The van der Waals surface area contributed by atoms with Crippen LogP contribution in [-0.4, -0.2) is 28.4 Å². The van der Waals surface area contributed by atoms with E-state index >= 15 is 0 Å². The number of hydrogen-bond acceptors (Lipinski definition) is 2. The fourth-order valence-corrected chi connectivity index (χ4v) is 3.19. The van der Waals surface area contributed by atoms with Crippen molar-refractivity contribution in [2.45, 2.75) is 32.2 Å². The number of carboxylic acids is 1. The number of fused-ring (bicyclic) bond motifs is 1. The summed E-state index contributed by atoms with van der Waals surface area (Å²) in [5, 5.41) is 9.49. The van der Waals surface area contributed by atoms with Crippen LogP contribution in [-0.2, 0) is 29.0 Å². The summed E-state index contributed by atoms with van der Waals surface area (Å²) in [6.07, 6.45) is 1.27. The van der Waals surface area contributed by atoms with Crippen LogP contribution in [0.3, 0.4) is 0 Å². The summed E-state index contributed by atoms with van der Waals surface area (Å²) in [4.78, 5) is 25.9. The third-order valence-corrected chi connectivity index (χ3v) is 4.63. The molecule has 0 fully saturated rings. The zero-order chi connectivity index (χ0) is 17.1. The molecule has 0 radical (unpaired) electrons. The van der Waals surface area contributed by atoms with E-state index in [4.69, 9.17) is 0 Å². The molecule has 0 saturated carbocycles. The number of amides is 1. The van der Waals surface area contributed by atoms with Gasteiger partial charge in [-0.05, 0) is 28.7 Å². The molecule has 1 aliphatic rings. The number of carbonyl (C=O) groups is 2. The minimum absolute atomic E-state index is 0.0278. The maximum absolute atomic E-state index is 12.6. The molecule has 1 N–H and O–H groups in total. The minimum Gasteiger partial charge on any atom is -0.481 e. The van der Waals surface area contributed by atoms with Crippen molar-refractivity contribution in [1.82, 2.24) is 4.90 Å². The van der Waals surface area contributed by atoms with E-state index in [9.17, 15) is 14.7 Å². The lowest BCUT2D eigenvalue weighted by atomic mass is 9.89. The summed E-state index contributed by atoms with van der Waals surface area (Å²) in [5.41, 5.74) is 3.94. The predicted octanol–water partition coefficient (Wildman–Crippen LogP) is 3.00. The molecule has 0 bridgehead atoms. The largest absolute Gasteiger partial charge is 0.481 e. The zero-order valence-corrected chi connectivity index (χ0v) is 13.7. The molecule has 1 aliphatic heterocycles. The lowest BCUT2D eigenvalue weighted by Gasteiger charge is -2.33. The molecule has 2 aromatic carbocycles. The van der Waals surface area contributed by atoms with E-state index in [-0.39, 0.29) is 12.5 Å². The number of aliphatic carboxylic acids is 1. The van der Waals surface area contributed by atoms with Crippen LogP contribution in [0.15, 0.2) is 48.5 Å². The molecule has 1 heterocycles. The van der Waals surface area contributed by atoms with E-state index in [2.05, 4.69) is 6.92 Å². The first-order valence-electron chi connectivity index (χ1n) is 8.24. The Morgan fingerprint density at radius 3 is 2.42 bits per heavy atom. The van der Waals surface area contributed by atoms with Gasteiger partial charge in [-0.15, -0.1) is 0 Å². The van der Waals surface area contributed by atoms with Crippen LogP contribution in [0.5, 0.6) is 0 Å². The molecular formula is C20H21NO3. The Morgan fingerprint density at radius 2 is 1.75 bits per heavy atom. The van der Waals surface area contributed by atoms with Gasteiger partial charge in [-0.25, -0.2) is 0 Å². The number of hydrogen-bond donors (Lipinski definition) is 1. The standard InChI is InChI=1S/C20H21NO3/c1-2-14-7-9-15(10-8-14)11-19(22)21-12-16-5-3-4-6-17(16)18(13-21)20(23)24/h3-10,18H,2,11-13H2,1H3,(H,23,24). The normalized spacial score (nSPS) is 16.5.